The van der Waals surface area contributed by atoms with Crippen LogP contribution < -0.4 is 0 Å². The zero-order chi connectivity index (χ0) is 21.2. The third-order valence-corrected chi connectivity index (χ3v) is 5.37. The number of aliphatic hydroxyl groups excluding tert-OH is 1. The number of carbonyl (C=O) groups is 2. The average Bonchev–Trinajstić information content (AvgIpc) is 2.67. The lowest BCUT2D eigenvalue weighted by atomic mass is 9.88. The van der Waals surface area contributed by atoms with Crippen LogP contribution in [0.2, 0.25) is 0 Å². The predicted molar refractivity (Wildman–Crippen MR) is 95.5 cm³/mol. The monoisotopic (exact) mass is 416 g/mol. The van der Waals surface area contributed by atoms with Gasteiger partial charge in [-0.05, 0) is 30.9 Å². The van der Waals surface area contributed by atoms with E-state index in [2.05, 4.69) is 0 Å². The highest BCUT2D eigenvalue weighted by atomic mass is 19.4. The first-order valence-electron chi connectivity index (χ1n) is 9.42. The summed E-state index contributed by atoms with van der Waals surface area (Å²) in [4.78, 5) is 26.9. The summed E-state index contributed by atoms with van der Waals surface area (Å²) in [5.74, 6) is -0.491. The van der Waals surface area contributed by atoms with E-state index >= 15 is 0 Å². The topological polar surface area (TPSA) is 90.3 Å². The largest absolute Gasteiger partial charge is 0.506 e. The number of rotatable bonds is 2. The van der Waals surface area contributed by atoms with Crippen molar-refractivity contribution in [1.82, 2.24) is 9.80 Å². The number of urea groups is 1. The SMILES string of the molecule is O=C(O)OC1CC(c2cccc(C(F)(F)F)c2)CN(C(=O)N2CCC(O)CC2)C1. The molecule has 0 aliphatic carbocycles. The molecule has 29 heavy (non-hydrogen) atoms. The maximum Gasteiger partial charge on any atom is 0.506 e. The smallest absolute Gasteiger partial charge is 0.450 e. The highest BCUT2D eigenvalue weighted by Crippen LogP contribution is 2.34. The summed E-state index contributed by atoms with van der Waals surface area (Å²) in [5.41, 5.74) is -0.412. The van der Waals surface area contributed by atoms with Gasteiger partial charge in [-0.2, -0.15) is 13.2 Å². The number of benzene rings is 1. The van der Waals surface area contributed by atoms with Crippen molar-refractivity contribution in [2.45, 2.75) is 43.6 Å². The molecule has 7 nitrogen and oxygen atoms in total. The molecule has 0 radical (unpaired) electrons. The van der Waals surface area contributed by atoms with E-state index in [0.717, 1.165) is 12.1 Å². The Hall–Kier alpha value is -2.49. The van der Waals surface area contributed by atoms with Crippen molar-refractivity contribution in [3.8, 4) is 0 Å². The van der Waals surface area contributed by atoms with E-state index in [9.17, 15) is 27.9 Å². The molecule has 2 N–H and O–H groups in total. The minimum absolute atomic E-state index is 0.0413. The summed E-state index contributed by atoms with van der Waals surface area (Å²) in [6.07, 6.45) is -6.19. The maximum atomic E-state index is 13.1. The molecular formula is C19H23F3N2O5. The van der Waals surface area contributed by atoms with E-state index in [0.29, 0.717) is 31.5 Å². The van der Waals surface area contributed by atoms with E-state index in [4.69, 9.17) is 9.84 Å². The fraction of sp³-hybridized carbons (Fsp3) is 0.579. The number of carboxylic acid groups (broad SMARTS) is 1. The molecule has 2 saturated heterocycles. The van der Waals surface area contributed by atoms with Gasteiger partial charge in [-0.15, -0.1) is 0 Å². The van der Waals surface area contributed by atoms with Gasteiger partial charge in [0.1, 0.15) is 6.10 Å². The number of aliphatic hydroxyl groups is 1. The van der Waals surface area contributed by atoms with Gasteiger partial charge in [-0.1, -0.05) is 18.2 Å². The summed E-state index contributed by atoms with van der Waals surface area (Å²) in [6.45, 7) is 0.947. The number of hydrogen-bond acceptors (Lipinski definition) is 4. The molecule has 2 atom stereocenters. The molecule has 2 aliphatic heterocycles. The summed E-state index contributed by atoms with van der Waals surface area (Å²) in [7, 11) is 0. The summed E-state index contributed by atoms with van der Waals surface area (Å²) in [5, 5.41) is 18.6. The molecule has 0 bridgehead atoms. The Balaban J connectivity index is 1.80. The molecular weight excluding hydrogens is 393 g/mol. The van der Waals surface area contributed by atoms with Gasteiger partial charge in [0.2, 0.25) is 0 Å². The minimum Gasteiger partial charge on any atom is -0.450 e. The lowest BCUT2D eigenvalue weighted by molar-refractivity contribution is -0.137. The molecule has 160 valence electrons. The van der Waals surface area contributed by atoms with Crippen LogP contribution in [-0.2, 0) is 10.9 Å². The molecule has 2 aliphatic rings. The standard InChI is InChI=1S/C19H23F3N2O5/c20-19(21,22)14-3-1-2-12(8-14)13-9-16(29-18(27)28)11-24(10-13)17(26)23-6-4-15(25)5-7-23/h1-3,8,13,15-16,25H,4-7,9-11H2,(H,27,28). The van der Waals surface area contributed by atoms with Gasteiger partial charge < -0.3 is 24.7 Å². The van der Waals surface area contributed by atoms with Crippen LogP contribution in [0.3, 0.4) is 0 Å². The summed E-state index contributed by atoms with van der Waals surface area (Å²) >= 11 is 0. The van der Waals surface area contributed by atoms with E-state index in [1.54, 1.807) is 11.0 Å². The number of ether oxygens (including phenoxy) is 1. The Labute approximate surface area is 165 Å². The van der Waals surface area contributed by atoms with Crippen LogP contribution >= 0.6 is 0 Å². The van der Waals surface area contributed by atoms with Crippen molar-refractivity contribution in [3.05, 3.63) is 35.4 Å². The molecule has 10 heteroatoms. The van der Waals surface area contributed by atoms with Gasteiger partial charge in [0, 0.05) is 25.6 Å². The average molecular weight is 416 g/mol. The van der Waals surface area contributed by atoms with E-state index in [1.165, 1.54) is 11.0 Å². The Morgan fingerprint density at radius 2 is 1.79 bits per heavy atom. The number of piperidine rings is 2. The van der Waals surface area contributed by atoms with Crippen molar-refractivity contribution in [1.29, 1.82) is 0 Å². The van der Waals surface area contributed by atoms with Crippen LogP contribution in [0.4, 0.5) is 22.8 Å². The van der Waals surface area contributed by atoms with E-state index in [1.807, 2.05) is 0 Å². The van der Waals surface area contributed by atoms with Crippen LogP contribution in [0, 0.1) is 0 Å². The van der Waals surface area contributed by atoms with E-state index < -0.39 is 36.0 Å². The molecule has 0 spiro atoms. The normalized spacial score (nSPS) is 23.7. The van der Waals surface area contributed by atoms with Crippen molar-refractivity contribution >= 4 is 12.2 Å². The minimum atomic E-state index is -4.49. The number of alkyl halides is 3. The van der Waals surface area contributed by atoms with Gasteiger partial charge >= 0.3 is 18.4 Å². The second-order valence-electron chi connectivity index (χ2n) is 7.47. The number of nitrogens with zero attached hydrogens (tertiary/aromatic N) is 2. The van der Waals surface area contributed by atoms with Crippen molar-refractivity contribution in [2.24, 2.45) is 0 Å². The number of amides is 2. The van der Waals surface area contributed by atoms with Gasteiger partial charge in [-0.3, -0.25) is 0 Å². The van der Waals surface area contributed by atoms with Gasteiger partial charge in [0.05, 0.1) is 18.2 Å². The van der Waals surface area contributed by atoms with Crippen LogP contribution in [0.5, 0.6) is 0 Å². The number of carbonyl (C=O) groups excluding carboxylic acids is 1. The lowest BCUT2D eigenvalue weighted by Gasteiger charge is -2.41. The molecule has 3 rings (SSSR count). The Bertz CT molecular complexity index is 750. The van der Waals surface area contributed by atoms with Crippen molar-refractivity contribution in [2.75, 3.05) is 26.2 Å². The number of likely N-dealkylation sites (tertiary alicyclic amines) is 2. The number of hydrogen-bond donors (Lipinski definition) is 2. The molecule has 2 heterocycles. The zero-order valence-corrected chi connectivity index (χ0v) is 15.6. The zero-order valence-electron chi connectivity index (χ0n) is 15.6. The van der Waals surface area contributed by atoms with Gasteiger partial charge in [0.25, 0.3) is 0 Å². The first-order chi connectivity index (χ1) is 13.6. The first-order valence-corrected chi connectivity index (χ1v) is 9.42. The Kier molecular flexibility index (Phi) is 6.21. The summed E-state index contributed by atoms with van der Waals surface area (Å²) < 4.78 is 44.1. The van der Waals surface area contributed by atoms with Crippen molar-refractivity contribution in [3.63, 3.8) is 0 Å². The molecule has 1 aromatic carbocycles. The third-order valence-electron chi connectivity index (χ3n) is 5.37. The van der Waals surface area contributed by atoms with Gasteiger partial charge in [-0.25, -0.2) is 9.59 Å². The molecule has 1 aromatic rings. The Morgan fingerprint density at radius 3 is 2.41 bits per heavy atom. The molecule has 0 aromatic heterocycles. The van der Waals surface area contributed by atoms with Crippen LogP contribution in [0.1, 0.15) is 36.3 Å². The molecule has 2 unspecified atom stereocenters. The lowest BCUT2D eigenvalue weighted by Crippen LogP contribution is -2.53. The highest BCUT2D eigenvalue weighted by molar-refractivity contribution is 5.75. The second-order valence-corrected chi connectivity index (χ2v) is 7.47. The fourth-order valence-corrected chi connectivity index (χ4v) is 3.90. The number of halogens is 3. The van der Waals surface area contributed by atoms with Crippen LogP contribution in [0.25, 0.3) is 0 Å². The van der Waals surface area contributed by atoms with Crippen LogP contribution in [0.15, 0.2) is 24.3 Å². The van der Waals surface area contributed by atoms with Gasteiger partial charge in [0.15, 0.2) is 0 Å². The summed E-state index contributed by atoms with van der Waals surface area (Å²) in [6, 6.07) is 4.53. The molecule has 0 saturated carbocycles. The molecule has 2 amide bonds. The van der Waals surface area contributed by atoms with Crippen LogP contribution in [-0.4, -0.2) is 70.6 Å². The van der Waals surface area contributed by atoms with Crippen molar-refractivity contribution < 1.29 is 37.7 Å². The second kappa shape index (κ2) is 8.48. The molecule has 2 fully saturated rings. The first kappa shape index (κ1) is 21.2. The third kappa shape index (κ3) is 5.31. The fourth-order valence-electron chi connectivity index (χ4n) is 3.90. The highest BCUT2D eigenvalue weighted by Gasteiger charge is 2.37. The Morgan fingerprint density at radius 1 is 1.10 bits per heavy atom. The predicted octanol–water partition coefficient (Wildman–Crippen LogP) is 3.13. The quantitative estimate of drug-likeness (QED) is 0.723. The van der Waals surface area contributed by atoms with E-state index in [-0.39, 0.29) is 25.5 Å². The maximum absolute atomic E-state index is 13.1.